The van der Waals surface area contributed by atoms with Crippen molar-refractivity contribution in [1.29, 1.82) is 0 Å². The van der Waals surface area contributed by atoms with Gasteiger partial charge in [-0.1, -0.05) is 90.4 Å². The van der Waals surface area contributed by atoms with E-state index in [1.165, 1.54) is 17.0 Å². The van der Waals surface area contributed by atoms with Crippen LogP contribution in [0.1, 0.15) is 31.9 Å². The van der Waals surface area contributed by atoms with Crippen LogP contribution in [0.3, 0.4) is 0 Å². The summed E-state index contributed by atoms with van der Waals surface area (Å²) >= 11 is 3.51. The highest BCUT2D eigenvalue weighted by Gasteiger charge is 2.34. The molecule has 2 amide bonds. The van der Waals surface area contributed by atoms with Crippen LogP contribution >= 0.6 is 15.9 Å². The first-order valence-corrected chi connectivity index (χ1v) is 17.5. The van der Waals surface area contributed by atoms with E-state index in [2.05, 4.69) is 21.2 Å². The third-order valence-electron chi connectivity index (χ3n) is 7.24. The number of amides is 2. The molecule has 46 heavy (non-hydrogen) atoms. The van der Waals surface area contributed by atoms with Gasteiger partial charge < -0.3 is 15.0 Å². The van der Waals surface area contributed by atoms with E-state index in [4.69, 9.17) is 4.74 Å². The Morgan fingerprint density at radius 1 is 0.848 bits per heavy atom. The Labute approximate surface area is 280 Å². The minimum atomic E-state index is -4.18. The van der Waals surface area contributed by atoms with E-state index in [9.17, 15) is 18.0 Å². The second kappa shape index (κ2) is 16.4. The number of benzene rings is 4. The number of hydrogen-bond donors (Lipinski definition) is 1. The molecule has 0 aliphatic rings. The van der Waals surface area contributed by atoms with Crippen LogP contribution in [0, 0.1) is 5.92 Å². The van der Waals surface area contributed by atoms with Crippen LogP contribution in [0.2, 0.25) is 0 Å². The minimum absolute atomic E-state index is 0.0470. The molecule has 0 aliphatic carbocycles. The van der Waals surface area contributed by atoms with E-state index >= 15 is 0 Å². The Hall–Kier alpha value is -4.15. The van der Waals surface area contributed by atoms with Gasteiger partial charge in [-0.2, -0.15) is 0 Å². The van der Waals surface area contributed by atoms with Gasteiger partial charge in [0.2, 0.25) is 11.8 Å². The van der Waals surface area contributed by atoms with Gasteiger partial charge in [0, 0.05) is 24.0 Å². The average Bonchev–Trinajstić information content (AvgIpc) is 3.05. The Balaban J connectivity index is 1.79. The number of halogens is 1. The summed E-state index contributed by atoms with van der Waals surface area (Å²) in [5, 5.41) is 3.01. The highest BCUT2D eigenvalue weighted by Crippen LogP contribution is 2.27. The molecule has 0 radical (unpaired) electrons. The first-order valence-electron chi connectivity index (χ1n) is 15.2. The summed E-state index contributed by atoms with van der Waals surface area (Å²) in [7, 11) is -4.18. The van der Waals surface area contributed by atoms with Crippen LogP contribution in [0.4, 0.5) is 5.69 Å². The van der Waals surface area contributed by atoms with Crippen LogP contribution < -0.4 is 14.4 Å². The van der Waals surface area contributed by atoms with Crippen LogP contribution in [0.25, 0.3) is 0 Å². The lowest BCUT2D eigenvalue weighted by Gasteiger charge is -2.34. The number of carbonyl (C=O) groups excluding carboxylic acids is 2. The monoisotopic (exact) mass is 705 g/mol. The number of nitrogens with one attached hydrogen (secondary N) is 1. The second-order valence-electron chi connectivity index (χ2n) is 11.2. The van der Waals surface area contributed by atoms with Crippen molar-refractivity contribution in [3.63, 3.8) is 0 Å². The number of carbonyl (C=O) groups is 2. The normalized spacial score (nSPS) is 11.9. The lowest BCUT2D eigenvalue weighted by atomic mass is 10.0. The van der Waals surface area contributed by atoms with Crippen molar-refractivity contribution >= 4 is 43.5 Å². The van der Waals surface area contributed by atoms with E-state index in [1.807, 2.05) is 75.4 Å². The van der Waals surface area contributed by atoms with Crippen molar-refractivity contribution in [2.24, 2.45) is 5.92 Å². The van der Waals surface area contributed by atoms with Crippen molar-refractivity contribution < 1.29 is 22.7 Å². The molecular formula is C36H40BrN3O5S. The topological polar surface area (TPSA) is 96.0 Å². The zero-order valence-electron chi connectivity index (χ0n) is 26.3. The van der Waals surface area contributed by atoms with Crippen molar-refractivity contribution in [2.45, 2.75) is 44.7 Å². The predicted octanol–water partition coefficient (Wildman–Crippen LogP) is 6.46. The first kappa shape index (κ1) is 34.7. The van der Waals surface area contributed by atoms with Gasteiger partial charge in [-0.15, -0.1) is 0 Å². The SMILES string of the molecule is CCOc1ccc(N(CC(=O)N(Cc2cccc(Br)c2)[C@@H](Cc2ccccc2)C(=O)NCC(C)C)S(=O)(=O)c2ccccc2)cc1. The smallest absolute Gasteiger partial charge is 0.264 e. The molecule has 10 heteroatoms. The van der Waals surface area contributed by atoms with Crippen molar-refractivity contribution in [3.8, 4) is 5.75 Å². The molecule has 0 bridgehead atoms. The molecule has 1 atom stereocenters. The molecule has 0 unspecified atom stereocenters. The quantitative estimate of drug-likeness (QED) is 0.153. The molecule has 0 spiro atoms. The lowest BCUT2D eigenvalue weighted by molar-refractivity contribution is -0.140. The molecule has 0 saturated heterocycles. The molecular weight excluding hydrogens is 666 g/mol. The van der Waals surface area contributed by atoms with Gasteiger partial charge in [0.15, 0.2) is 0 Å². The van der Waals surface area contributed by atoms with E-state index < -0.39 is 28.5 Å². The van der Waals surface area contributed by atoms with Gasteiger partial charge in [-0.25, -0.2) is 8.42 Å². The summed E-state index contributed by atoms with van der Waals surface area (Å²) in [4.78, 5) is 29.9. The molecule has 4 aromatic carbocycles. The third-order valence-corrected chi connectivity index (χ3v) is 9.52. The average molecular weight is 707 g/mol. The van der Waals surface area contributed by atoms with Gasteiger partial charge in [-0.05, 0) is 72.5 Å². The van der Waals surface area contributed by atoms with Gasteiger partial charge in [-0.3, -0.25) is 13.9 Å². The number of hydrogen-bond acceptors (Lipinski definition) is 5. The van der Waals surface area contributed by atoms with Gasteiger partial charge >= 0.3 is 0 Å². The molecule has 1 N–H and O–H groups in total. The largest absolute Gasteiger partial charge is 0.494 e. The number of rotatable bonds is 15. The second-order valence-corrected chi connectivity index (χ2v) is 14.0. The molecule has 4 rings (SSSR count). The predicted molar refractivity (Wildman–Crippen MR) is 185 cm³/mol. The zero-order chi connectivity index (χ0) is 33.1. The van der Waals surface area contributed by atoms with Crippen molar-refractivity contribution in [1.82, 2.24) is 10.2 Å². The molecule has 242 valence electrons. The maximum atomic E-state index is 14.5. The molecule has 0 aromatic heterocycles. The molecule has 4 aromatic rings. The molecule has 8 nitrogen and oxygen atoms in total. The van der Waals surface area contributed by atoms with Gasteiger partial charge in [0.1, 0.15) is 18.3 Å². The summed E-state index contributed by atoms with van der Waals surface area (Å²) in [6.45, 7) is 6.32. The van der Waals surface area contributed by atoms with Crippen LogP contribution in [-0.4, -0.2) is 50.9 Å². The summed E-state index contributed by atoms with van der Waals surface area (Å²) in [5.74, 6) is -0.0502. The highest BCUT2D eigenvalue weighted by atomic mass is 79.9. The standard InChI is InChI=1S/C36H40BrN3O5S/c1-4-45-32-20-18-31(19-21-32)40(46(43,44)33-16-9-6-10-17-33)26-35(41)39(25-29-14-11-15-30(37)22-29)34(36(42)38-24-27(2)3)23-28-12-7-5-8-13-28/h5-22,27,34H,4,23-26H2,1-3H3,(H,38,42)/t34-/m0/s1. The summed E-state index contributed by atoms with van der Waals surface area (Å²) in [6.07, 6.45) is 0.249. The van der Waals surface area contributed by atoms with Crippen molar-refractivity contribution in [3.05, 3.63) is 125 Å². The number of ether oxygens (including phenoxy) is 1. The number of sulfonamides is 1. The van der Waals surface area contributed by atoms with E-state index in [0.29, 0.717) is 24.6 Å². The molecule has 0 aliphatic heterocycles. The fourth-order valence-electron chi connectivity index (χ4n) is 4.93. The molecule has 0 heterocycles. The third kappa shape index (κ3) is 9.43. The van der Waals surface area contributed by atoms with Gasteiger partial charge in [0.05, 0.1) is 17.2 Å². The Kier molecular flexibility index (Phi) is 12.4. The van der Waals surface area contributed by atoms with Crippen LogP contribution in [0.15, 0.2) is 119 Å². The summed E-state index contributed by atoms with van der Waals surface area (Å²) in [5.41, 5.74) is 1.96. The van der Waals surface area contributed by atoms with E-state index in [0.717, 1.165) is 19.9 Å². The molecule has 0 fully saturated rings. The maximum Gasteiger partial charge on any atom is 0.264 e. The van der Waals surface area contributed by atoms with Crippen LogP contribution in [-0.2, 0) is 32.6 Å². The van der Waals surface area contributed by atoms with E-state index in [1.54, 1.807) is 42.5 Å². The molecule has 0 saturated carbocycles. The first-order chi connectivity index (χ1) is 22.1. The summed E-state index contributed by atoms with van der Waals surface area (Å²) in [6, 6.07) is 30.7. The Bertz CT molecular complexity index is 1680. The van der Waals surface area contributed by atoms with E-state index in [-0.39, 0.29) is 29.7 Å². The lowest BCUT2D eigenvalue weighted by Crippen LogP contribution is -2.53. The van der Waals surface area contributed by atoms with Crippen molar-refractivity contribution in [2.75, 3.05) is 24.0 Å². The highest BCUT2D eigenvalue weighted by molar-refractivity contribution is 9.10. The zero-order valence-corrected chi connectivity index (χ0v) is 28.7. The minimum Gasteiger partial charge on any atom is -0.494 e. The number of anilines is 1. The number of nitrogens with zero attached hydrogens (tertiary/aromatic N) is 2. The van der Waals surface area contributed by atoms with Crippen LogP contribution in [0.5, 0.6) is 5.75 Å². The fraction of sp³-hybridized carbons (Fsp3) is 0.278. The van der Waals surface area contributed by atoms with Gasteiger partial charge in [0.25, 0.3) is 10.0 Å². The Morgan fingerprint density at radius 2 is 1.48 bits per heavy atom. The Morgan fingerprint density at radius 3 is 2.09 bits per heavy atom. The maximum absolute atomic E-state index is 14.5. The summed E-state index contributed by atoms with van der Waals surface area (Å²) < 4.78 is 35.7. The fourth-order valence-corrected chi connectivity index (χ4v) is 6.81.